The van der Waals surface area contributed by atoms with Crippen molar-refractivity contribution in [2.45, 2.75) is 45.7 Å². The maximum absolute atomic E-state index is 12.7. The van der Waals surface area contributed by atoms with Crippen LogP contribution in [-0.4, -0.2) is 57.7 Å². The third-order valence-corrected chi connectivity index (χ3v) is 6.23. The number of hydrogen-bond acceptors (Lipinski definition) is 4. The fourth-order valence-electron chi connectivity index (χ4n) is 4.68. The van der Waals surface area contributed by atoms with Crippen molar-refractivity contribution in [3.8, 4) is 0 Å². The normalized spacial score (nSPS) is 20.3. The molecule has 2 saturated heterocycles. The Morgan fingerprint density at radius 3 is 2.75 bits per heavy atom. The van der Waals surface area contributed by atoms with Crippen LogP contribution in [0.3, 0.4) is 0 Å². The number of rotatable bonds is 5. The quantitative estimate of drug-likeness (QED) is 0.865. The second-order valence-corrected chi connectivity index (χ2v) is 8.11. The molecule has 1 amide bonds. The van der Waals surface area contributed by atoms with Crippen LogP contribution in [-0.2, 0) is 20.0 Å². The SMILES string of the molecule is CCc1c(C)nn(C)c1NC(=O)c1ccc(CN2CCN3CCC[C@@H]3C2)cc1. The van der Waals surface area contributed by atoms with Gasteiger partial charge in [0, 0.05) is 50.4 Å². The van der Waals surface area contributed by atoms with Gasteiger partial charge < -0.3 is 5.32 Å². The predicted molar refractivity (Wildman–Crippen MR) is 112 cm³/mol. The number of fused-ring (bicyclic) bond motifs is 1. The lowest BCUT2D eigenvalue weighted by atomic mass is 10.1. The van der Waals surface area contributed by atoms with E-state index >= 15 is 0 Å². The molecule has 0 spiro atoms. The number of amides is 1. The maximum atomic E-state index is 12.7. The lowest BCUT2D eigenvalue weighted by Gasteiger charge is -2.37. The number of carbonyl (C=O) groups excluding carboxylic acids is 1. The van der Waals surface area contributed by atoms with Gasteiger partial charge >= 0.3 is 0 Å². The summed E-state index contributed by atoms with van der Waals surface area (Å²) in [6.45, 7) is 9.80. The summed E-state index contributed by atoms with van der Waals surface area (Å²) in [4.78, 5) is 17.9. The van der Waals surface area contributed by atoms with Crippen LogP contribution in [0.4, 0.5) is 5.82 Å². The number of aromatic nitrogens is 2. The van der Waals surface area contributed by atoms with Crippen molar-refractivity contribution in [3.63, 3.8) is 0 Å². The number of nitrogens with one attached hydrogen (secondary N) is 1. The van der Waals surface area contributed by atoms with Crippen molar-refractivity contribution < 1.29 is 4.79 Å². The molecule has 0 radical (unpaired) electrons. The first-order valence-electron chi connectivity index (χ1n) is 10.4. The molecule has 6 nitrogen and oxygen atoms in total. The Morgan fingerprint density at radius 1 is 1.21 bits per heavy atom. The van der Waals surface area contributed by atoms with Crippen molar-refractivity contribution in [1.82, 2.24) is 19.6 Å². The van der Waals surface area contributed by atoms with Gasteiger partial charge in [0.1, 0.15) is 5.82 Å². The molecule has 150 valence electrons. The largest absolute Gasteiger partial charge is 0.307 e. The van der Waals surface area contributed by atoms with Crippen LogP contribution < -0.4 is 5.32 Å². The molecule has 28 heavy (non-hydrogen) atoms. The Balaban J connectivity index is 1.38. The van der Waals surface area contributed by atoms with Gasteiger partial charge in [-0.3, -0.25) is 19.3 Å². The average molecular weight is 382 g/mol. The number of aryl methyl sites for hydroxylation is 2. The van der Waals surface area contributed by atoms with Gasteiger partial charge in [-0.25, -0.2) is 0 Å². The van der Waals surface area contributed by atoms with Crippen molar-refractivity contribution >= 4 is 11.7 Å². The minimum absolute atomic E-state index is 0.0798. The van der Waals surface area contributed by atoms with E-state index in [1.54, 1.807) is 4.68 Å². The Morgan fingerprint density at radius 2 is 2.00 bits per heavy atom. The van der Waals surface area contributed by atoms with Crippen LogP contribution in [0.5, 0.6) is 0 Å². The second kappa shape index (κ2) is 8.05. The zero-order chi connectivity index (χ0) is 19.7. The van der Waals surface area contributed by atoms with Crippen LogP contribution in [0, 0.1) is 6.92 Å². The summed E-state index contributed by atoms with van der Waals surface area (Å²) in [5, 5.41) is 7.46. The molecular formula is C22H31N5O. The lowest BCUT2D eigenvalue weighted by Crippen LogP contribution is -2.49. The van der Waals surface area contributed by atoms with Gasteiger partial charge in [0.2, 0.25) is 0 Å². The monoisotopic (exact) mass is 381 g/mol. The highest BCUT2D eigenvalue weighted by Crippen LogP contribution is 2.23. The number of benzene rings is 1. The van der Waals surface area contributed by atoms with Crippen molar-refractivity contribution in [2.24, 2.45) is 7.05 Å². The van der Waals surface area contributed by atoms with Gasteiger partial charge in [-0.2, -0.15) is 5.10 Å². The van der Waals surface area contributed by atoms with Gasteiger partial charge in [0.05, 0.1) is 5.69 Å². The molecule has 0 saturated carbocycles. The van der Waals surface area contributed by atoms with Gasteiger partial charge in [0.15, 0.2) is 0 Å². The Labute approximate surface area is 167 Å². The molecule has 3 heterocycles. The summed E-state index contributed by atoms with van der Waals surface area (Å²) in [5.74, 6) is 0.715. The zero-order valence-corrected chi connectivity index (χ0v) is 17.2. The number of nitrogens with zero attached hydrogens (tertiary/aromatic N) is 4. The first-order valence-corrected chi connectivity index (χ1v) is 10.4. The Kier molecular flexibility index (Phi) is 5.51. The van der Waals surface area contributed by atoms with E-state index in [1.165, 1.54) is 38.0 Å². The number of anilines is 1. The standard InChI is InChI=1S/C22H31N5O/c1-4-20-16(2)24-25(3)21(20)23-22(28)18-9-7-17(8-10-18)14-26-12-13-27-11-5-6-19(27)15-26/h7-10,19H,4-6,11-15H2,1-3H3,(H,23,28)/t19-/m1/s1. The summed E-state index contributed by atoms with van der Waals surface area (Å²) in [6, 6.07) is 8.79. The lowest BCUT2D eigenvalue weighted by molar-refractivity contribution is 0.0993. The van der Waals surface area contributed by atoms with E-state index in [-0.39, 0.29) is 5.91 Å². The highest BCUT2D eigenvalue weighted by Gasteiger charge is 2.30. The first-order chi connectivity index (χ1) is 13.5. The summed E-state index contributed by atoms with van der Waals surface area (Å²) < 4.78 is 1.75. The van der Waals surface area contributed by atoms with Gasteiger partial charge in [-0.05, 0) is 50.4 Å². The fourth-order valence-corrected chi connectivity index (χ4v) is 4.68. The van der Waals surface area contributed by atoms with E-state index < -0.39 is 0 Å². The van der Waals surface area contributed by atoms with Crippen LogP contribution >= 0.6 is 0 Å². The molecule has 1 aromatic heterocycles. The molecular weight excluding hydrogens is 350 g/mol. The molecule has 1 aromatic carbocycles. The van der Waals surface area contributed by atoms with Gasteiger partial charge in [0.25, 0.3) is 5.91 Å². The van der Waals surface area contributed by atoms with E-state index in [0.717, 1.165) is 42.6 Å². The summed E-state index contributed by atoms with van der Waals surface area (Å²) in [6.07, 6.45) is 3.53. The molecule has 0 aliphatic carbocycles. The first kappa shape index (κ1) is 19.2. The predicted octanol–water partition coefficient (Wildman–Crippen LogP) is 2.82. The highest BCUT2D eigenvalue weighted by molar-refractivity contribution is 6.04. The minimum atomic E-state index is -0.0798. The number of piperazine rings is 1. The van der Waals surface area contributed by atoms with Crippen molar-refractivity contribution in [2.75, 3.05) is 31.5 Å². The van der Waals surface area contributed by atoms with Crippen molar-refractivity contribution in [1.29, 1.82) is 0 Å². The smallest absolute Gasteiger partial charge is 0.256 e. The zero-order valence-electron chi connectivity index (χ0n) is 17.2. The van der Waals surface area contributed by atoms with Crippen LogP contribution in [0.1, 0.15) is 46.9 Å². The summed E-state index contributed by atoms with van der Waals surface area (Å²) in [7, 11) is 1.87. The topological polar surface area (TPSA) is 53.4 Å². The number of carbonyl (C=O) groups is 1. The average Bonchev–Trinajstić information content (AvgIpc) is 3.25. The fraction of sp³-hybridized carbons (Fsp3) is 0.545. The third kappa shape index (κ3) is 3.84. The molecule has 2 aromatic rings. The Hall–Kier alpha value is -2.18. The Bertz CT molecular complexity index is 841. The molecule has 1 N–H and O–H groups in total. The van der Waals surface area contributed by atoms with E-state index in [1.807, 2.05) is 26.1 Å². The molecule has 2 aliphatic heterocycles. The molecule has 1 atom stereocenters. The van der Waals surface area contributed by atoms with E-state index in [9.17, 15) is 4.79 Å². The number of hydrogen-bond donors (Lipinski definition) is 1. The highest BCUT2D eigenvalue weighted by atomic mass is 16.1. The molecule has 4 rings (SSSR count). The minimum Gasteiger partial charge on any atom is -0.307 e. The third-order valence-electron chi connectivity index (χ3n) is 6.23. The molecule has 0 bridgehead atoms. The van der Waals surface area contributed by atoms with Crippen LogP contribution in [0.25, 0.3) is 0 Å². The van der Waals surface area contributed by atoms with Crippen LogP contribution in [0.15, 0.2) is 24.3 Å². The molecule has 2 aliphatic rings. The van der Waals surface area contributed by atoms with Crippen molar-refractivity contribution in [3.05, 3.63) is 46.6 Å². The van der Waals surface area contributed by atoms with Crippen LogP contribution in [0.2, 0.25) is 0 Å². The van der Waals surface area contributed by atoms with E-state index in [0.29, 0.717) is 5.56 Å². The molecule has 2 fully saturated rings. The van der Waals surface area contributed by atoms with E-state index in [4.69, 9.17) is 0 Å². The van der Waals surface area contributed by atoms with E-state index in [2.05, 4.69) is 39.3 Å². The summed E-state index contributed by atoms with van der Waals surface area (Å²) >= 11 is 0. The maximum Gasteiger partial charge on any atom is 0.256 e. The molecule has 0 unspecified atom stereocenters. The molecule has 6 heteroatoms. The summed E-state index contributed by atoms with van der Waals surface area (Å²) in [5.41, 5.74) is 4.02. The van der Waals surface area contributed by atoms with Gasteiger partial charge in [-0.15, -0.1) is 0 Å². The van der Waals surface area contributed by atoms with Gasteiger partial charge in [-0.1, -0.05) is 19.1 Å². The second-order valence-electron chi connectivity index (χ2n) is 8.11.